The Bertz CT molecular complexity index is 642. The first kappa shape index (κ1) is 23.7. The van der Waals surface area contributed by atoms with Crippen molar-refractivity contribution in [1.82, 2.24) is 19.9 Å². The van der Waals surface area contributed by atoms with Crippen LogP contribution < -0.4 is 35.3 Å². The summed E-state index contributed by atoms with van der Waals surface area (Å²) in [6.07, 6.45) is 5.91. The van der Waals surface area contributed by atoms with Gasteiger partial charge in [-0.05, 0) is 10.6 Å². The molecule has 0 bridgehead atoms. The predicted octanol–water partition coefficient (Wildman–Crippen LogP) is -0.0849. The number of halogens is 2. The second-order valence-corrected chi connectivity index (χ2v) is 3.65. The van der Waals surface area contributed by atoms with Gasteiger partial charge in [-0.2, -0.15) is 0 Å². The van der Waals surface area contributed by atoms with Gasteiger partial charge in [0.2, 0.25) is 0 Å². The molecular formula is C9H8Cl2N9NaO2. The van der Waals surface area contributed by atoms with E-state index in [1.165, 1.54) is 18.6 Å². The van der Waals surface area contributed by atoms with Crippen molar-refractivity contribution in [1.29, 1.82) is 0 Å². The van der Waals surface area contributed by atoms with Crippen LogP contribution >= 0.6 is 23.2 Å². The third-order valence-electron chi connectivity index (χ3n) is 1.69. The Morgan fingerprint density at radius 2 is 1.61 bits per heavy atom. The smallest absolute Gasteiger partial charge is 0.444 e. The Morgan fingerprint density at radius 1 is 1.13 bits per heavy atom. The molecule has 2 aromatic rings. The fraction of sp³-hybridized carbons (Fsp3) is 0.111. The van der Waals surface area contributed by atoms with Gasteiger partial charge in [0.05, 0.1) is 5.69 Å². The van der Waals surface area contributed by atoms with Crippen LogP contribution in [0.5, 0.6) is 0 Å². The average Bonchev–Trinajstić information content (AvgIpc) is 2.52. The van der Waals surface area contributed by atoms with E-state index in [2.05, 4.69) is 30.0 Å². The number of hydrogen-bond donors (Lipinski definition) is 1. The molecule has 0 aliphatic heterocycles. The van der Waals surface area contributed by atoms with E-state index in [1.54, 1.807) is 6.20 Å². The largest absolute Gasteiger partial charge is 1.00 e. The zero-order valence-corrected chi connectivity index (χ0v) is 15.3. The molecule has 0 amide bonds. The van der Waals surface area contributed by atoms with Crippen LogP contribution in [-0.2, 0) is 6.54 Å². The van der Waals surface area contributed by atoms with Gasteiger partial charge < -0.3 is 15.8 Å². The van der Waals surface area contributed by atoms with Crippen molar-refractivity contribution in [2.75, 3.05) is 0 Å². The van der Waals surface area contributed by atoms with Gasteiger partial charge in [0.25, 0.3) is 0 Å². The summed E-state index contributed by atoms with van der Waals surface area (Å²) in [6.45, 7) is 0.340. The van der Waals surface area contributed by atoms with Crippen LogP contribution in [0.15, 0.2) is 35.2 Å². The molecule has 116 valence electrons. The number of nitrogens with two attached hydrogens (primary N) is 1. The fourth-order valence-corrected chi connectivity index (χ4v) is 1.24. The van der Waals surface area contributed by atoms with E-state index in [4.69, 9.17) is 44.6 Å². The quantitative estimate of drug-likeness (QED) is 0.192. The van der Waals surface area contributed by atoms with Crippen LogP contribution in [0.25, 0.3) is 10.4 Å². The van der Waals surface area contributed by atoms with E-state index in [-0.39, 0.29) is 40.5 Å². The summed E-state index contributed by atoms with van der Waals surface area (Å²) in [5.41, 5.74) is 13.9. The predicted molar refractivity (Wildman–Crippen MR) is 79.9 cm³/mol. The number of aromatic nitrogens is 4. The number of nitrogens with zero attached hydrogens (tertiary/aromatic N) is 8. The van der Waals surface area contributed by atoms with Crippen molar-refractivity contribution in [3.8, 4) is 0 Å². The van der Waals surface area contributed by atoms with E-state index in [0.29, 0.717) is 17.4 Å². The maximum atomic E-state index is 8.00. The molecule has 0 saturated carbocycles. The summed E-state index contributed by atoms with van der Waals surface area (Å²) >= 11 is 11.0. The summed E-state index contributed by atoms with van der Waals surface area (Å²) in [6, 6.07) is 0. The molecule has 14 heteroatoms. The molecular weight excluding hydrogens is 360 g/mol. The minimum absolute atomic E-state index is 0. The molecule has 0 saturated heterocycles. The summed E-state index contributed by atoms with van der Waals surface area (Å²) in [5.74, 6) is 0.103. The Morgan fingerprint density at radius 3 is 2.00 bits per heavy atom. The topological polar surface area (TPSA) is 179 Å². The molecule has 23 heavy (non-hydrogen) atoms. The molecule has 2 heterocycles. The Balaban J connectivity index is 0. The summed E-state index contributed by atoms with van der Waals surface area (Å²) in [5, 5.41) is 12.7. The molecule has 2 N–H and O–H groups in total. The molecule has 0 aliphatic rings. The molecule has 0 aliphatic carbocycles. The van der Waals surface area contributed by atoms with E-state index in [1.807, 2.05) is 0 Å². The molecule has 11 nitrogen and oxygen atoms in total. The Labute approximate surface area is 162 Å². The second-order valence-electron chi connectivity index (χ2n) is 2.93. The molecule has 2 rings (SSSR count). The Hall–Kier alpha value is -1.59. The summed E-state index contributed by atoms with van der Waals surface area (Å²) < 4.78 is 0. The molecule has 0 unspecified atom stereocenters. The van der Waals surface area contributed by atoms with E-state index < -0.39 is 0 Å². The van der Waals surface area contributed by atoms with Gasteiger partial charge in [0.1, 0.15) is 0 Å². The van der Waals surface area contributed by atoms with Crippen LogP contribution in [-0.4, -0.2) is 19.9 Å². The second kappa shape index (κ2) is 15.3. The maximum Gasteiger partial charge on any atom is 1.00 e. The van der Waals surface area contributed by atoms with Gasteiger partial charge in [-0.1, -0.05) is 23.2 Å². The van der Waals surface area contributed by atoms with Crippen molar-refractivity contribution in [3.05, 3.63) is 61.3 Å². The minimum atomic E-state index is 0. The third kappa shape index (κ3) is 10.7. The number of rotatable bonds is 2. The molecule has 0 aromatic carbocycles. The van der Waals surface area contributed by atoms with E-state index in [0.717, 1.165) is 5.34 Å². The third-order valence-corrected chi connectivity index (χ3v) is 2.27. The van der Waals surface area contributed by atoms with Crippen molar-refractivity contribution in [2.24, 2.45) is 16.2 Å². The Kier molecular flexibility index (Phi) is 15.8. The molecule has 0 atom stereocenters. The van der Waals surface area contributed by atoms with Gasteiger partial charge in [-0.3, -0.25) is 4.98 Å². The fourth-order valence-electron chi connectivity index (χ4n) is 0.910. The minimum Gasteiger partial charge on any atom is -0.444 e. The van der Waals surface area contributed by atoms with Crippen LogP contribution in [0.4, 0.5) is 5.82 Å². The molecule has 0 fully saturated rings. The van der Waals surface area contributed by atoms with Gasteiger partial charge in [-0.15, -0.1) is 5.34 Å². The van der Waals surface area contributed by atoms with Crippen LogP contribution in [0.3, 0.4) is 0 Å². The first-order valence-electron chi connectivity index (χ1n) is 5.22. The van der Waals surface area contributed by atoms with Crippen LogP contribution in [0.1, 0.15) is 5.69 Å². The van der Waals surface area contributed by atoms with Gasteiger partial charge >= 0.3 is 29.6 Å². The monoisotopic (exact) mass is 367 g/mol. The first-order valence-corrected chi connectivity index (χ1v) is 5.98. The van der Waals surface area contributed by atoms with Gasteiger partial charge in [0.15, 0.2) is 16.1 Å². The van der Waals surface area contributed by atoms with Crippen LogP contribution in [0, 0.1) is 10.1 Å². The molecule has 2 aromatic heterocycles. The standard InChI is InChI=1S/C5H6ClN3.C4H2ClN5.HNO2.Na/c6-5-4(3-7)8-1-2-9-5;5-3-4(9-10-6)8-2-1-7-3;2-1-3;/h1-2H,3,7H2;1-2H;(H,2,3);/q;;;+1/p-1. The summed E-state index contributed by atoms with van der Waals surface area (Å²) in [4.78, 5) is 25.4. The van der Waals surface area contributed by atoms with Gasteiger partial charge in [-0.25, -0.2) is 15.0 Å². The zero-order chi connectivity index (χ0) is 16.8. The van der Waals surface area contributed by atoms with Crippen LogP contribution in [0.2, 0.25) is 10.3 Å². The molecule has 0 spiro atoms. The average molecular weight is 368 g/mol. The van der Waals surface area contributed by atoms with E-state index in [9.17, 15) is 0 Å². The zero-order valence-electron chi connectivity index (χ0n) is 11.7. The maximum absolute atomic E-state index is 8.00. The summed E-state index contributed by atoms with van der Waals surface area (Å²) in [7, 11) is 0. The van der Waals surface area contributed by atoms with Crippen molar-refractivity contribution in [2.45, 2.75) is 6.54 Å². The molecule has 0 radical (unpaired) electrons. The SMILES string of the molecule is NCc1nccnc1Cl.O=N[O-].[N-]=[N+]=Nc1nccnc1Cl.[Na+]. The number of azide groups is 1. The first-order chi connectivity index (χ1) is 10.6. The normalized spacial score (nSPS) is 7.96. The number of hydrogen-bond acceptors (Lipinski definition) is 9. The van der Waals surface area contributed by atoms with Crippen molar-refractivity contribution in [3.63, 3.8) is 0 Å². The van der Waals surface area contributed by atoms with Gasteiger partial charge in [0, 0.05) is 36.2 Å². The van der Waals surface area contributed by atoms with Crippen molar-refractivity contribution < 1.29 is 29.6 Å². The van der Waals surface area contributed by atoms with Crippen molar-refractivity contribution >= 4 is 29.0 Å². The van der Waals surface area contributed by atoms with E-state index >= 15 is 0 Å².